The lowest BCUT2D eigenvalue weighted by Crippen LogP contribution is -2.45. The molecule has 5 nitrogen and oxygen atoms in total. The summed E-state index contributed by atoms with van der Waals surface area (Å²) in [4.78, 5) is 33.0. The molecule has 3 heterocycles. The van der Waals surface area contributed by atoms with Gasteiger partial charge in [0.1, 0.15) is 5.82 Å². The highest BCUT2D eigenvalue weighted by atomic mass is 32.1. The fourth-order valence-electron chi connectivity index (χ4n) is 5.23. The summed E-state index contributed by atoms with van der Waals surface area (Å²) in [5, 5.41) is 2.03. The number of carbonyl (C=O) groups is 2. The first-order valence-electron chi connectivity index (χ1n) is 12.5. The number of hydrogen-bond acceptors (Lipinski definition) is 4. The molecule has 0 unspecified atom stereocenters. The van der Waals surface area contributed by atoms with Crippen molar-refractivity contribution in [3.63, 3.8) is 0 Å². The number of rotatable bonds is 4. The van der Waals surface area contributed by atoms with Gasteiger partial charge in [-0.25, -0.2) is 4.39 Å². The molecular weight excluding hydrogens is 518 g/mol. The normalized spacial score (nSPS) is 18.7. The summed E-state index contributed by atoms with van der Waals surface area (Å²) in [5.41, 5.74) is 1.30. The van der Waals surface area contributed by atoms with Crippen LogP contribution in [-0.2, 0) is 17.4 Å². The Morgan fingerprint density at radius 2 is 1.66 bits per heavy atom. The monoisotopic (exact) mass is 545 g/mol. The van der Waals surface area contributed by atoms with Crippen molar-refractivity contribution in [1.29, 1.82) is 0 Å². The zero-order valence-corrected chi connectivity index (χ0v) is 21.4. The predicted octanol–water partition coefficient (Wildman–Crippen LogP) is 5.23. The van der Waals surface area contributed by atoms with E-state index in [1.165, 1.54) is 29.1 Å². The molecule has 2 amide bonds. The molecule has 3 aromatic rings. The van der Waals surface area contributed by atoms with Crippen LogP contribution in [0.2, 0.25) is 0 Å². The number of nitrogens with zero attached hydrogens (tertiary/aromatic N) is 3. The van der Waals surface area contributed by atoms with Gasteiger partial charge in [-0.05, 0) is 71.8 Å². The first kappa shape index (κ1) is 26.4. The minimum Gasteiger partial charge on any atom is -0.340 e. The number of amides is 2. The second-order valence-corrected chi connectivity index (χ2v) is 10.6. The number of thiophene rings is 1. The molecule has 38 heavy (non-hydrogen) atoms. The molecule has 0 radical (unpaired) electrons. The van der Waals surface area contributed by atoms with Crippen LogP contribution in [0.15, 0.2) is 60.0 Å². The van der Waals surface area contributed by atoms with Crippen LogP contribution in [0.4, 0.5) is 17.6 Å². The predicted molar refractivity (Wildman–Crippen MR) is 136 cm³/mol. The highest BCUT2D eigenvalue weighted by molar-refractivity contribution is 7.10. The summed E-state index contributed by atoms with van der Waals surface area (Å²) in [6.07, 6.45) is -3.07. The average Bonchev–Trinajstić information content (AvgIpc) is 3.23. The van der Waals surface area contributed by atoms with Gasteiger partial charge in [0.2, 0.25) is 5.91 Å². The van der Waals surface area contributed by atoms with E-state index in [-0.39, 0.29) is 35.8 Å². The first-order valence-corrected chi connectivity index (χ1v) is 13.4. The maximum atomic E-state index is 14.1. The zero-order valence-electron chi connectivity index (χ0n) is 20.6. The Balaban J connectivity index is 1.25. The van der Waals surface area contributed by atoms with Crippen LogP contribution in [0.5, 0.6) is 0 Å². The van der Waals surface area contributed by atoms with E-state index in [9.17, 15) is 27.2 Å². The van der Waals surface area contributed by atoms with E-state index in [0.717, 1.165) is 29.7 Å². The second-order valence-electron chi connectivity index (χ2n) is 9.58. The van der Waals surface area contributed by atoms with Crippen LogP contribution in [0.1, 0.15) is 44.4 Å². The zero-order chi connectivity index (χ0) is 26.9. The summed E-state index contributed by atoms with van der Waals surface area (Å²) in [6, 6.07) is 12.5. The Kier molecular flexibility index (Phi) is 7.54. The maximum Gasteiger partial charge on any atom is 0.416 e. The molecule has 10 heteroatoms. The van der Waals surface area contributed by atoms with Gasteiger partial charge in [0.05, 0.1) is 18.2 Å². The van der Waals surface area contributed by atoms with Gasteiger partial charge in [-0.2, -0.15) is 13.2 Å². The van der Waals surface area contributed by atoms with E-state index in [1.54, 1.807) is 27.2 Å². The topological polar surface area (TPSA) is 43.9 Å². The summed E-state index contributed by atoms with van der Waals surface area (Å²) in [6.45, 7) is 2.38. The quantitative estimate of drug-likeness (QED) is 0.422. The molecule has 2 aromatic carbocycles. The molecule has 0 aliphatic carbocycles. The molecule has 0 bridgehead atoms. The van der Waals surface area contributed by atoms with Crippen molar-refractivity contribution < 1.29 is 27.2 Å². The maximum absolute atomic E-state index is 14.1. The largest absolute Gasteiger partial charge is 0.416 e. The molecule has 1 aromatic heterocycles. The van der Waals surface area contributed by atoms with Crippen molar-refractivity contribution in [2.24, 2.45) is 0 Å². The van der Waals surface area contributed by atoms with Crippen molar-refractivity contribution >= 4 is 23.2 Å². The number of fused-ring (bicyclic) bond motifs is 1. The van der Waals surface area contributed by atoms with Gasteiger partial charge in [-0.1, -0.05) is 12.1 Å². The molecular formula is C28H27F4N3O2S. The molecule has 1 fully saturated rings. The van der Waals surface area contributed by atoms with Gasteiger partial charge in [0.15, 0.2) is 0 Å². The minimum atomic E-state index is -4.46. The van der Waals surface area contributed by atoms with Gasteiger partial charge < -0.3 is 9.80 Å². The Morgan fingerprint density at radius 1 is 0.921 bits per heavy atom. The molecule has 2 aliphatic heterocycles. The Morgan fingerprint density at radius 3 is 2.39 bits per heavy atom. The molecule has 0 saturated carbocycles. The number of benzene rings is 2. The summed E-state index contributed by atoms with van der Waals surface area (Å²) in [5.74, 6) is -0.726. The molecule has 5 rings (SSSR count). The highest BCUT2D eigenvalue weighted by Crippen LogP contribution is 2.38. The van der Waals surface area contributed by atoms with Crippen molar-refractivity contribution in [1.82, 2.24) is 14.7 Å². The molecule has 1 atom stereocenters. The van der Waals surface area contributed by atoms with Crippen molar-refractivity contribution in [2.45, 2.75) is 25.1 Å². The number of hydrogen-bond donors (Lipinski definition) is 0. The summed E-state index contributed by atoms with van der Waals surface area (Å²) < 4.78 is 52.6. The molecule has 2 aliphatic rings. The van der Waals surface area contributed by atoms with Gasteiger partial charge in [-0.15, -0.1) is 11.3 Å². The number of halogens is 4. The van der Waals surface area contributed by atoms with E-state index in [4.69, 9.17) is 0 Å². The highest BCUT2D eigenvalue weighted by Gasteiger charge is 2.33. The fourth-order valence-corrected chi connectivity index (χ4v) is 6.14. The Labute approximate surface area is 222 Å². The van der Waals surface area contributed by atoms with Crippen molar-refractivity contribution in [3.8, 4) is 0 Å². The minimum absolute atomic E-state index is 0.0612. The lowest BCUT2D eigenvalue weighted by atomic mass is 9.93. The third-order valence-electron chi connectivity index (χ3n) is 7.16. The Hall–Kier alpha value is -3.24. The third kappa shape index (κ3) is 5.61. The van der Waals surface area contributed by atoms with Crippen LogP contribution < -0.4 is 0 Å². The second kappa shape index (κ2) is 10.9. The van der Waals surface area contributed by atoms with Crippen molar-refractivity contribution in [2.75, 3.05) is 39.3 Å². The SMILES string of the molecule is O=C(CN1CCc2sccc2[C@@H]1c1cccc(F)c1)N1CCCN(C(=O)c2ccc(C(F)(F)F)cc2)CC1. The average molecular weight is 546 g/mol. The Bertz CT molecular complexity index is 1310. The van der Waals surface area contributed by atoms with Gasteiger partial charge >= 0.3 is 6.18 Å². The summed E-state index contributed by atoms with van der Waals surface area (Å²) in [7, 11) is 0. The van der Waals surface area contributed by atoms with E-state index >= 15 is 0 Å². The third-order valence-corrected chi connectivity index (χ3v) is 8.16. The standard InChI is InChI=1S/C28H27F4N3O2S/c29-22-4-1-3-20(17-22)26-23-10-16-38-24(23)9-13-35(26)18-25(36)33-11-2-12-34(15-14-33)27(37)19-5-7-21(8-6-19)28(30,31)32/h1,3-8,10,16-17,26H,2,9,11-15,18H2/t26-/m0/s1. The molecule has 0 N–H and O–H groups in total. The van der Waals surface area contributed by atoms with Crippen molar-refractivity contribution in [3.05, 3.63) is 92.9 Å². The summed E-state index contributed by atoms with van der Waals surface area (Å²) >= 11 is 1.67. The van der Waals surface area contributed by atoms with Gasteiger partial charge in [-0.3, -0.25) is 14.5 Å². The number of alkyl halides is 3. The van der Waals surface area contributed by atoms with Gasteiger partial charge in [0.25, 0.3) is 5.91 Å². The van der Waals surface area contributed by atoms with Crippen LogP contribution in [0.3, 0.4) is 0 Å². The lowest BCUT2D eigenvalue weighted by Gasteiger charge is -2.37. The van der Waals surface area contributed by atoms with Crippen LogP contribution in [0, 0.1) is 5.82 Å². The number of carbonyl (C=O) groups excluding carboxylic acids is 2. The molecule has 1 saturated heterocycles. The van der Waals surface area contributed by atoms with E-state index in [0.29, 0.717) is 39.1 Å². The molecule has 200 valence electrons. The first-order chi connectivity index (χ1) is 18.2. The molecule has 0 spiro atoms. The van der Waals surface area contributed by atoms with Crippen LogP contribution in [0.25, 0.3) is 0 Å². The van der Waals surface area contributed by atoms with E-state index in [1.807, 2.05) is 17.5 Å². The van der Waals surface area contributed by atoms with E-state index < -0.39 is 11.7 Å². The fraction of sp³-hybridized carbons (Fsp3) is 0.357. The van der Waals surface area contributed by atoms with Crippen LogP contribution in [-0.4, -0.2) is 65.8 Å². The van der Waals surface area contributed by atoms with E-state index in [2.05, 4.69) is 4.90 Å². The van der Waals surface area contributed by atoms with Crippen LogP contribution >= 0.6 is 11.3 Å². The lowest BCUT2D eigenvalue weighted by molar-refractivity contribution is -0.137. The smallest absolute Gasteiger partial charge is 0.340 e. The van der Waals surface area contributed by atoms with Gasteiger partial charge in [0, 0.05) is 43.2 Å².